The van der Waals surface area contributed by atoms with E-state index in [1.165, 1.54) is 14.0 Å². The van der Waals surface area contributed by atoms with Crippen molar-refractivity contribution in [3.05, 3.63) is 114 Å². The van der Waals surface area contributed by atoms with Crippen LogP contribution in [0.4, 0.5) is 0 Å². The molecule has 0 amide bonds. The van der Waals surface area contributed by atoms with Crippen LogP contribution >= 0.6 is 21.4 Å². The summed E-state index contributed by atoms with van der Waals surface area (Å²) < 4.78 is 1.27. The van der Waals surface area contributed by atoms with Crippen LogP contribution < -0.4 is 0 Å². The van der Waals surface area contributed by atoms with Crippen molar-refractivity contribution in [1.82, 2.24) is 0 Å². The lowest BCUT2D eigenvalue weighted by Crippen LogP contribution is -2.15. The number of benzene rings is 3. The SMILES string of the molecule is O=C(CS(c1ccccc1)(c1ccccc1)c1cccs1)c1ccccc1. The Morgan fingerprint density at radius 2 is 1.19 bits per heavy atom. The van der Waals surface area contributed by atoms with Crippen LogP contribution in [0.3, 0.4) is 0 Å². The van der Waals surface area contributed by atoms with Gasteiger partial charge in [0.15, 0.2) is 5.78 Å². The molecular formula is C24H20OS2. The van der Waals surface area contributed by atoms with Gasteiger partial charge in [0.25, 0.3) is 0 Å². The van der Waals surface area contributed by atoms with Crippen molar-refractivity contribution in [3.63, 3.8) is 0 Å². The van der Waals surface area contributed by atoms with Gasteiger partial charge in [-0.05, 0) is 45.5 Å². The smallest absolute Gasteiger partial charge is 0.172 e. The molecule has 4 rings (SSSR count). The summed E-state index contributed by atoms with van der Waals surface area (Å²) in [4.78, 5) is 15.8. The average molecular weight is 389 g/mol. The summed E-state index contributed by atoms with van der Waals surface area (Å²) in [5, 5.41) is 2.11. The van der Waals surface area contributed by atoms with E-state index in [2.05, 4.69) is 66.0 Å². The summed E-state index contributed by atoms with van der Waals surface area (Å²) in [5.74, 6) is 0.664. The average Bonchev–Trinajstić information content (AvgIpc) is 3.29. The van der Waals surface area contributed by atoms with Crippen LogP contribution in [0, 0.1) is 0 Å². The van der Waals surface area contributed by atoms with Gasteiger partial charge in [0, 0.05) is 5.56 Å². The molecular weight excluding hydrogens is 368 g/mol. The van der Waals surface area contributed by atoms with Crippen LogP contribution in [0.25, 0.3) is 0 Å². The van der Waals surface area contributed by atoms with Crippen molar-refractivity contribution in [2.45, 2.75) is 14.0 Å². The number of carbonyl (C=O) groups excluding carboxylic acids is 1. The van der Waals surface area contributed by atoms with Gasteiger partial charge in [0.2, 0.25) is 0 Å². The molecule has 0 radical (unpaired) electrons. The van der Waals surface area contributed by atoms with Gasteiger partial charge in [-0.3, -0.25) is 4.79 Å². The second-order valence-corrected chi connectivity index (χ2v) is 10.6. The van der Waals surface area contributed by atoms with Gasteiger partial charge >= 0.3 is 0 Å². The number of carbonyl (C=O) groups is 1. The highest BCUT2D eigenvalue weighted by molar-refractivity contribution is 8.35. The highest BCUT2D eigenvalue weighted by Crippen LogP contribution is 2.69. The molecule has 0 unspecified atom stereocenters. The van der Waals surface area contributed by atoms with Crippen LogP contribution in [-0.4, -0.2) is 11.5 Å². The van der Waals surface area contributed by atoms with E-state index in [9.17, 15) is 4.79 Å². The van der Waals surface area contributed by atoms with Gasteiger partial charge in [-0.2, -0.15) is 0 Å². The first kappa shape index (κ1) is 17.8. The zero-order valence-electron chi connectivity index (χ0n) is 14.8. The second-order valence-electron chi connectivity index (χ2n) is 6.23. The Morgan fingerprint density at radius 1 is 0.667 bits per heavy atom. The minimum absolute atomic E-state index is 0.187. The first-order chi connectivity index (χ1) is 13.3. The summed E-state index contributed by atoms with van der Waals surface area (Å²) in [6.07, 6.45) is 0. The molecule has 0 aliphatic heterocycles. The summed E-state index contributed by atoms with van der Waals surface area (Å²) in [7, 11) is -1.67. The number of rotatable bonds is 6. The Bertz CT molecular complexity index is 955. The van der Waals surface area contributed by atoms with Gasteiger partial charge < -0.3 is 0 Å². The monoisotopic (exact) mass is 388 g/mol. The van der Waals surface area contributed by atoms with E-state index in [0.29, 0.717) is 5.75 Å². The number of ketones is 1. The Kier molecular flexibility index (Phi) is 5.23. The maximum atomic E-state index is 13.3. The Balaban J connectivity index is 1.92. The van der Waals surface area contributed by atoms with Gasteiger partial charge in [-0.15, -0.1) is 21.4 Å². The largest absolute Gasteiger partial charge is 0.293 e. The predicted octanol–water partition coefficient (Wildman–Crippen LogP) is 6.91. The molecule has 1 heterocycles. The van der Waals surface area contributed by atoms with E-state index in [0.717, 1.165) is 5.56 Å². The third-order valence-electron chi connectivity index (χ3n) is 4.57. The molecule has 0 aliphatic carbocycles. The topological polar surface area (TPSA) is 17.1 Å². The minimum Gasteiger partial charge on any atom is -0.293 e. The molecule has 0 fully saturated rings. The standard InChI is InChI=1S/C24H20OS2/c25-23(20-11-4-1-5-12-20)19-27(24-17-10-18-26-24,21-13-6-2-7-14-21)22-15-8-3-9-16-22/h1-18H,19H2. The maximum Gasteiger partial charge on any atom is 0.172 e. The van der Waals surface area contributed by atoms with Gasteiger partial charge in [0.05, 0.1) is 9.96 Å². The Morgan fingerprint density at radius 3 is 1.67 bits per heavy atom. The van der Waals surface area contributed by atoms with E-state index < -0.39 is 10.0 Å². The van der Waals surface area contributed by atoms with Crippen LogP contribution in [0.15, 0.2) is 123 Å². The lowest BCUT2D eigenvalue weighted by Gasteiger charge is -2.39. The van der Waals surface area contributed by atoms with Crippen molar-refractivity contribution in [2.24, 2.45) is 0 Å². The van der Waals surface area contributed by atoms with Crippen molar-refractivity contribution < 1.29 is 4.79 Å². The molecule has 0 bridgehead atoms. The first-order valence-corrected chi connectivity index (χ1v) is 11.5. The molecule has 27 heavy (non-hydrogen) atoms. The fourth-order valence-corrected chi connectivity index (χ4v) is 8.63. The zero-order valence-corrected chi connectivity index (χ0v) is 16.5. The third-order valence-corrected chi connectivity index (χ3v) is 10.0. The molecule has 1 aromatic heterocycles. The number of Topliss-reactive ketones (excluding diaryl/α,β-unsaturated/α-hetero) is 1. The van der Waals surface area contributed by atoms with Crippen LogP contribution in [0.1, 0.15) is 10.4 Å². The Hall–Kier alpha value is -2.62. The maximum absolute atomic E-state index is 13.3. The molecule has 0 aliphatic rings. The zero-order chi connectivity index (χ0) is 18.5. The first-order valence-electron chi connectivity index (χ1n) is 8.84. The predicted molar refractivity (Wildman–Crippen MR) is 115 cm³/mol. The summed E-state index contributed by atoms with van der Waals surface area (Å²) in [6.45, 7) is 0. The molecule has 1 nitrogen and oxygen atoms in total. The molecule has 0 spiro atoms. The third kappa shape index (κ3) is 3.48. The van der Waals surface area contributed by atoms with E-state index >= 15 is 0 Å². The van der Waals surface area contributed by atoms with Crippen molar-refractivity contribution >= 4 is 27.1 Å². The minimum atomic E-state index is -1.67. The summed E-state index contributed by atoms with van der Waals surface area (Å²) in [6, 6.07) is 34.9. The fourth-order valence-electron chi connectivity index (χ4n) is 3.28. The van der Waals surface area contributed by atoms with Crippen LogP contribution in [0.5, 0.6) is 0 Å². The van der Waals surface area contributed by atoms with Crippen molar-refractivity contribution in [3.8, 4) is 0 Å². The second kappa shape index (κ2) is 7.95. The van der Waals surface area contributed by atoms with E-state index in [4.69, 9.17) is 0 Å². The van der Waals surface area contributed by atoms with Crippen LogP contribution in [-0.2, 0) is 0 Å². The summed E-state index contributed by atoms with van der Waals surface area (Å²) >= 11 is 1.74. The Labute approximate surface area is 165 Å². The highest BCUT2D eigenvalue weighted by Gasteiger charge is 2.34. The molecule has 134 valence electrons. The van der Waals surface area contributed by atoms with Gasteiger partial charge in [0.1, 0.15) is 0 Å². The molecule has 0 N–H and O–H groups in total. The number of thiophene rings is 1. The lowest BCUT2D eigenvalue weighted by atomic mass is 10.2. The van der Waals surface area contributed by atoms with E-state index in [1.807, 2.05) is 42.5 Å². The van der Waals surface area contributed by atoms with E-state index in [-0.39, 0.29) is 5.78 Å². The lowest BCUT2D eigenvalue weighted by molar-refractivity contribution is 0.102. The molecule has 0 saturated heterocycles. The van der Waals surface area contributed by atoms with Crippen molar-refractivity contribution in [2.75, 3.05) is 5.75 Å². The molecule has 0 saturated carbocycles. The highest BCUT2D eigenvalue weighted by atomic mass is 32.3. The molecule has 4 aromatic rings. The van der Waals surface area contributed by atoms with E-state index in [1.54, 1.807) is 11.3 Å². The van der Waals surface area contributed by atoms with Crippen molar-refractivity contribution in [1.29, 1.82) is 0 Å². The molecule has 3 aromatic carbocycles. The van der Waals surface area contributed by atoms with Gasteiger partial charge in [-0.25, -0.2) is 0 Å². The molecule has 3 heteroatoms. The van der Waals surface area contributed by atoms with Crippen LogP contribution in [0.2, 0.25) is 0 Å². The number of hydrogen-bond acceptors (Lipinski definition) is 2. The fraction of sp³-hybridized carbons (Fsp3) is 0.0417. The normalized spacial score (nSPS) is 11.9. The van der Waals surface area contributed by atoms with Gasteiger partial charge in [-0.1, -0.05) is 72.8 Å². The summed E-state index contributed by atoms with van der Waals surface area (Å²) in [5.41, 5.74) is 0.776. The quantitative estimate of drug-likeness (QED) is 0.328. The number of hydrogen-bond donors (Lipinski definition) is 0. The molecule has 0 atom stereocenters.